The molecule has 28 heavy (non-hydrogen) atoms. The van der Waals surface area contributed by atoms with Crippen LogP contribution in [0.1, 0.15) is 31.7 Å². The predicted octanol–water partition coefficient (Wildman–Crippen LogP) is 3.65. The second kappa shape index (κ2) is 11.6. The molecule has 0 saturated carbocycles. The van der Waals surface area contributed by atoms with Gasteiger partial charge in [0.25, 0.3) is 0 Å². The molecule has 2 aromatic rings. The van der Waals surface area contributed by atoms with Gasteiger partial charge in [-0.3, -0.25) is 5.32 Å². The van der Waals surface area contributed by atoms with Crippen molar-refractivity contribution >= 4 is 23.4 Å². The lowest BCUT2D eigenvalue weighted by Crippen LogP contribution is -2.47. The number of rotatable bonds is 10. The molecule has 0 aliphatic heterocycles. The smallest absolute Gasteiger partial charge is 0.320 e. The molecule has 0 aliphatic carbocycles. The van der Waals surface area contributed by atoms with E-state index in [0.717, 1.165) is 43.5 Å². The summed E-state index contributed by atoms with van der Waals surface area (Å²) in [6.45, 7) is 2.85. The van der Waals surface area contributed by atoms with Crippen LogP contribution in [0, 0.1) is 0 Å². The third-order valence-electron chi connectivity index (χ3n) is 4.21. The molecular formula is C21H29N5O2. The van der Waals surface area contributed by atoms with Gasteiger partial charge in [0, 0.05) is 17.9 Å². The van der Waals surface area contributed by atoms with E-state index in [1.807, 2.05) is 54.6 Å². The van der Waals surface area contributed by atoms with E-state index in [1.54, 1.807) is 0 Å². The summed E-state index contributed by atoms with van der Waals surface area (Å²) in [6, 6.07) is 16.1. The van der Waals surface area contributed by atoms with Crippen LogP contribution >= 0.6 is 0 Å². The van der Waals surface area contributed by atoms with Crippen LogP contribution in [0.4, 0.5) is 21.0 Å². The van der Waals surface area contributed by atoms with Gasteiger partial charge in [-0.05, 0) is 42.7 Å². The van der Waals surface area contributed by atoms with Crippen LogP contribution < -0.4 is 27.0 Å². The van der Waals surface area contributed by atoms with Crippen LogP contribution in [0.3, 0.4) is 0 Å². The monoisotopic (exact) mass is 383 g/mol. The maximum atomic E-state index is 12.2. The van der Waals surface area contributed by atoms with Gasteiger partial charge >= 0.3 is 12.1 Å². The van der Waals surface area contributed by atoms with Crippen molar-refractivity contribution in [2.45, 2.75) is 38.8 Å². The Bertz CT molecular complexity index is 734. The summed E-state index contributed by atoms with van der Waals surface area (Å²) in [4.78, 5) is 23.1. The van der Waals surface area contributed by atoms with Crippen LogP contribution in [0.2, 0.25) is 0 Å². The molecule has 6 N–H and O–H groups in total. The van der Waals surface area contributed by atoms with E-state index in [0.29, 0.717) is 5.69 Å². The molecule has 150 valence electrons. The number of primary amides is 1. The van der Waals surface area contributed by atoms with E-state index in [4.69, 9.17) is 5.73 Å². The quantitative estimate of drug-likeness (QED) is 0.404. The highest BCUT2D eigenvalue weighted by molar-refractivity contribution is 5.89. The standard InChI is InChI=1S/C21H29N5O2/c1-2-3-9-19(26-21(28)25-17-7-5-4-6-8-17)23-15-14-16-10-12-18(13-11-16)24-20(22)27/h4-8,10-13,19,23H,2-3,9,14-15H2,1H3,(H3,22,24,27)(H2,25,26,28). The molecule has 2 rings (SSSR count). The molecule has 0 aromatic heterocycles. The Morgan fingerprint density at radius 2 is 1.64 bits per heavy atom. The number of anilines is 2. The van der Waals surface area contributed by atoms with Crippen molar-refractivity contribution in [3.63, 3.8) is 0 Å². The van der Waals surface area contributed by atoms with Crippen LogP contribution in [0.15, 0.2) is 54.6 Å². The molecule has 0 fully saturated rings. The predicted molar refractivity (Wildman–Crippen MR) is 113 cm³/mol. The van der Waals surface area contributed by atoms with Gasteiger partial charge in [-0.2, -0.15) is 0 Å². The Kier molecular flexibility index (Phi) is 8.81. The second-order valence-corrected chi connectivity index (χ2v) is 6.55. The van der Waals surface area contributed by atoms with Gasteiger partial charge in [0.1, 0.15) is 0 Å². The van der Waals surface area contributed by atoms with Gasteiger partial charge in [0.15, 0.2) is 0 Å². The summed E-state index contributed by atoms with van der Waals surface area (Å²) in [5.74, 6) is 0. The van der Waals surface area contributed by atoms with Crippen molar-refractivity contribution in [2.24, 2.45) is 5.73 Å². The minimum absolute atomic E-state index is 0.0977. The molecule has 0 radical (unpaired) electrons. The number of benzene rings is 2. The fourth-order valence-corrected chi connectivity index (χ4v) is 2.77. The van der Waals surface area contributed by atoms with Crippen molar-refractivity contribution < 1.29 is 9.59 Å². The maximum absolute atomic E-state index is 12.2. The SMILES string of the molecule is CCCCC(NCCc1ccc(NC(N)=O)cc1)NC(=O)Nc1ccccc1. The highest BCUT2D eigenvalue weighted by Gasteiger charge is 2.11. The summed E-state index contributed by atoms with van der Waals surface area (Å²) >= 11 is 0. The van der Waals surface area contributed by atoms with Crippen molar-refractivity contribution in [1.29, 1.82) is 0 Å². The second-order valence-electron chi connectivity index (χ2n) is 6.55. The van der Waals surface area contributed by atoms with Crippen LogP contribution in [0.5, 0.6) is 0 Å². The summed E-state index contributed by atoms with van der Waals surface area (Å²) in [5.41, 5.74) is 7.67. The molecule has 0 heterocycles. The van der Waals surface area contributed by atoms with Gasteiger partial charge in [-0.25, -0.2) is 9.59 Å². The minimum atomic E-state index is -0.576. The van der Waals surface area contributed by atoms with Gasteiger partial charge in [0.2, 0.25) is 0 Å². The van der Waals surface area contributed by atoms with Gasteiger partial charge < -0.3 is 21.7 Å². The summed E-state index contributed by atoms with van der Waals surface area (Å²) in [5, 5.41) is 11.8. The number of urea groups is 2. The molecule has 7 heteroatoms. The maximum Gasteiger partial charge on any atom is 0.320 e. The largest absolute Gasteiger partial charge is 0.351 e. The molecule has 4 amide bonds. The normalized spacial score (nSPS) is 11.5. The van der Waals surface area contributed by atoms with E-state index >= 15 is 0 Å². The van der Waals surface area contributed by atoms with E-state index in [9.17, 15) is 9.59 Å². The topological polar surface area (TPSA) is 108 Å². The Balaban J connectivity index is 1.80. The lowest BCUT2D eigenvalue weighted by molar-refractivity contribution is 0.244. The van der Waals surface area contributed by atoms with Crippen molar-refractivity contribution in [2.75, 3.05) is 17.2 Å². The van der Waals surface area contributed by atoms with Crippen molar-refractivity contribution in [3.05, 3.63) is 60.2 Å². The number of nitrogens with one attached hydrogen (secondary N) is 4. The zero-order chi connectivity index (χ0) is 20.2. The summed E-state index contributed by atoms with van der Waals surface area (Å²) in [6.07, 6.45) is 3.66. The number of unbranched alkanes of at least 4 members (excludes halogenated alkanes) is 1. The first kappa shape index (κ1) is 21.2. The number of hydrogen-bond acceptors (Lipinski definition) is 3. The van der Waals surface area contributed by atoms with Crippen LogP contribution in [-0.2, 0) is 6.42 Å². The molecule has 1 unspecified atom stereocenters. The zero-order valence-corrected chi connectivity index (χ0v) is 16.2. The van der Waals surface area contributed by atoms with Crippen molar-refractivity contribution in [3.8, 4) is 0 Å². The molecule has 0 bridgehead atoms. The minimum Gasteiger partial charge on any atom is -0.351 e. The van der Waals surface area contributed by atoms with Crippen LogP contribution in [0.25, 0.3) is 0 Å². The summed E-state index contributed by atoms with van der Waals surface area (Å²) in [7, 11) is 0. The Morgan fingerprint density at radius 1 is 0.964 bits per heavy atom. The fraction of sp³-hybridized carbons (Fsp3) is 0.333. The molecule has 1 atom stereocenters. The lowest BCUT2D eigenvalue weighted by Gasteiger charge is -2.20. The molecule has 0 spiro atoms. The first-order valence-corrected chi connectivity index (χ1v) is 9.58. The number of carbonyl (C=O) groups excluding carboxylic acids is 2. The lowest BCUT2D eigenvalue weighted by atomic mass is 10.1. The molecular weight excluding hydrogens is 354 g/mol. The highest BCUT2D eigenvalue weighted by Crippen LogP contribution is 2.10. The first-order chi connectivity index (χ1) is 13.6. The highest BCUT2D eigenvalue weighted by atomic mass is 16.2. The molecule has 0 aliphatic rings. The van der Waals surface area contributed by atoms with E-state index in [1.165, 1.54) is 0 Å². The Morgan fingerprint density at radius 3 is 2.29 bits per heavy atom. The van der Waals surface area contributed by atoms with E-state index in [-0.39, 0.29) is 12.2 Å². The van der Waals surface area contributed by atoms with Gasteiger partial charge in [-0.15, -0.1) is 0 Å². The fourth-order valence-electron chi connectivity index (χ4n) is 2.77. The summed E-state index contributed by atoms with van der Waals surface area (Å²) < 4.78 is 0. The average molecular weight is 383 g/mol. The number of para-hydroxylation sites is 1. The van der Waals surface area contributed by atoms with Crippen LogP contribution in [-0.4, -0.2) is 24.8 Å². The van der Waals surface area contributed by atoms with Crippen molar-refractivity contribution in [1.82, 2.24) is 10.6 Å². The Labute approximate surface area is 166 Å². The van der Waals surface area contributed by atoms with E-state index < -0.39 is 6.03 Å². The first-order valence-electron chi connectivity index (χ1n) is 9.58. The number of carbonyl (C=O) groups is 2. The average Bonchev–Trinajstić information content (AvgIpc) is 2.67. The zero-order valence-electron chi connectivity index (χ0n) is 16.2. The number of hydrogen-bond donors (Lipinski definition) is 5. The third kappa shape index (κ3) is 8.09. The number of amides is 4. The molecule has 0 saturated heterocycles. The van der Waals surface area contributed by atoms with E-state index in [2.05, 4.69) is 28.2 Å². The third-order valence-corrected chi connectivity index (χ3v) is 4.21. The van der Waals surface area contributed by atoms with Gasteiger partial charge in [-0.1, -0.05) is 50.1 Å². The number of nitrogens with two attached hydrogens (primary N) is 1. The molecule has 2 aromatic carbocycles. The molecule has 7 nitrogen and oxygen atoms in total. The van der Waals surface area contributed by atoms with Gasteiger partial charge in [0.05, 0.1) is 6.17 Å². The Hall–Kier alpha value is -3.06.